The van der Waals surface area contributed by atoms with E-state index in [0.29, 0.717) is 57.9 Å². The van der Waals surface area contributed by atoms with Crippen LogP contribution in [0, 0.1) is 5.41 Å². The summed E-state index contributed by atoms with van der Waals surface area (Å²) < 4.78 is 5.27. The number of carboxylic acids is 2. The third-order valence-electron chi connectivity index (χ3n) is 20.5. The SMILES string of the molecule is N=C(N)NCCC[C@H](NC(=O)[C@H](Cc1c[nH]c2ccccc12)NC(=O)[C@H](Cc1ccc(O)cc1)NC(=O)[C@@H]1CCSCc2cccc(c2)C(=O)N[C@@H](CCC(N)=O)C(=O)N[C@@H](CC(=O)O)C(=O)N[C@@H](Cc2c[nH]c3ccccc23)C(=O)N[C@@H](CCC(N)=O)C(=O)N1)C(=O)N[C@@H](CCC(=O)O)C(=O)N[C@@H](CC(N)=O)C(=O)NCC(=O)NCCOCC(=O)N[C@H](CCCCN)C(N)=O. The number of primary amides is 4. The molecule has 11 atom stereocenters. The number of carbonyl (C=O) groups is 19. The van der Waals surface area contributed by atoms with E-state index in [0.717, 1.165) is 0 Å². The van der Waals surface area contributed by atoms with Crippen LogP contribution in [0.2, 0.25) is 0 Å². The highest BCUT2D eigenvalue weighted by molar-refractivity contribution is 7.98. The molecule has 32 N–H and O–H groups in total. The largest absolute Gasteiger partial charge is 0.508 e. The van der Waals surface area contributed by atoms with Gasteiger partial charge in [-0.05, 0) is 129 Å². The summed E-state index contributed by atoms with van der Waals surface area (Å²) in [7, 11) is 0. The van der Waals surface area contributed by atoms with E-state index in [2.05, 4.69) is 84.4 Å². The zero-order chi connectivity index (χ0) is 95.8. The van der Waals surface area contributed by atoms with Crippen molar-refractivity contribution in [2.45, 2.75) is 181 Å². The summed E-state index contributed by atoms with van der Waals surface area (Å²) in [4.78, 5) is 268. The smallest absolute Gasteiger partial charge is 0.305 e. The molecular formula is C84H111N23O23S. The number of amides is 17. The van der Waals surface area contributed by atoms with E-state index in [1.54, 1.807) is 54.6 Å². The number of H-pyrrole nitrogens is 2. The van der Waals surface area contributed by atoms with Crippen LogP contribution in [0.4, 0.5) is 0 Å². The Morgan fingerprint density at radius 3 is 1.69 bits per heavy atom. The van der Waals surface area contributed by atoms with Crippen molar-refractivity contribution in [3.63, 3.8) is 0 Å². The molecule has 6 aromatic rings. The molecule has 1 aliphatic heterocycles. The van der Waals surface area contributed by atoms with Gasteiger partial charge in [-0.2, -0.15) is 11.8 Å². The van der Waals surface area contributed by atoms with Crippen molar-refractivity contribution in [3.8, 4) is 5.75 Å². The van der Waals surface area contributed by atoms with E-state index >= 15 is 24.0 Å². The van der Waals surface area contributed by atoms with Crippen LogP contribution in [0.5, 0.6) is 5.75 Å². The number of aromatic hydroxyl groups is 1. The van der Waals surface area contributed by atoms with Gasteiger partial charge in [0.2, 0.25) is 94.5 Å². The number of phenolic OH excluding ortho intramolecular Hbond substituents is 1. The number of phenols is 1. The number of fused-ring (bicyclic) bond motifs is 4. The van der Waals surface area contributed by atoms with Crippen LogP contribution in [-0.4, -0.2) is 255 Å². The average molecular weight is 1840 g/mol. The van der Waals surface area contributed by atoms with Gasteiger partial charge in [-0.15, -0.1) is 0 Å². The van der Waals surface area contributed by atoms with E-state index in [1.165, 1.54) is 66.6 Å². The lowest BCUT2D eigenvalue weighted by molar-refractivity contribution is -0.141. The average Bonchev–Trinajstić information content (AvgIpc) is 1.75. The summed E-state index contributed by atoms with van der Waals surface area (Å²) >= 11 is 1.17. The third-order valence-corrected chi connectivity index (χ3v) is 21.6. The van der Waals surface area contributed by atoms with Crippen molar-refractivity contribution >= 4 is 152 Å². The van der Waals surface area contributed by atoms with Crippen LogP contribution in [0.15, 0.2) is 109 Å². The first kappa shape index (κ1) is 103. The normalized spacial score (nSPS) is 17.1. The predicted octanol–water partition coefficient (Wildman–Crippen LogP) is -5.46. The maximum absolute atomic E-state index is 15.6. The second kappa shape index (κ2) is 52.5. The van der Waals surface area contributed by atoms with Gasteiger partial charge < -0.3 is 139 Å². The number of aromatic amines is 2. The predicted molar refractivity (Wildman–Crippen MR) is 471 cm³/mol. The molecule has 0 fully saturated rings. The molecule has 2 aromatic heterocycles. The van der Waals surface area contributed by atoms with Crippen LogP contribution in [0.25, 0.3) is 21.8 Å². The van der Waals surface area contributed by atoms with E-state index in [-0.39, 0.29) is 73.8 Å². The van der Waals surface area contributed by atoms with Gasteiger partial charge in [0.25, 0.3) is 5.91 Å². The lowest BCUT2D eigenvalue weighted by Gasteiger charge is -2.28. The minimum Gasteiger partial charge on any atom is -0.508 e. The Hall–Kier alpha value is -14.8. The van der Waals surface area contributed by atoms with Crippen molar-refractivity contribution in [3.05, 3.63) is 137 Å². The monoisotopic (exact) mass is 1840 g/mol. The summed E-state index contributed by atoms with van der Waals surface area (Å²) in [6.07, 6.45) is -3.33. The van der Waals surface area contributed by atoms with Gasteiger partial charge in [0.15, 0.2) is 5.96 Å². The Bertz CT molecular complexity index is 5110. The molecule has 7 rings (SSSR count). The molecule has 1 aliphatic rings. The van der Waals surface area contributed by atoms with E-state index in [1.807, 2.05) is 0 Å². The molecule has 0 radical (unpaired) electrons. The van der Waals surface area contributed by atoms with Gasteiger partial charge in [-0.25, -0.2) is 0 Å². The van der Waals surface area contributed by atoms with Crippen LogP contribution in [-0.2, 0) is 116 Å². The van der Waals surface area contributed by atoms with Crippen LogP contribution in [0.1, 0.15) is 123 Å². The molecule has 131 heavy (non-hydrogen) atoms. The highest BCUT2D eigenvalue weighted by Crippen LogP contribution is 2.24. The molecule has 0 saturated carbocycles. The maximum Gasteiger partial charge on any atom is 0.305 e. The molecule has 0 spiro atoms. The van der Waals surface area contributed by atoms with Crippen molar-refractivity contribution in [1.82, 2.24) is 84.4 Å². The second-order valence-electron chi connectivity index (χ2n) is 30.7. The van der Waals surface area contributed by atoms with E-state index < -0.39 is 269 Å². The number of aliphatic carboxylic acids is 2. The quantitative estimate of drug-likeness (QED) is 0.00963. The van der Waals surface area contributed by atoms with Crippen LogP contribution in [0.3, 0.4) is 0 Å². The van der Waals surface area contributed by atoms with E-state index in [4.69, 9.17) is 44.5 Å². The number of hydrogen-bond acceptors (Lipinski definition) is 24. The summed E-state index contributed by atoms with van der Waals surface area (Å²) in [5.74, 6) is -21.6. The molecule has 0 aliphatic carbocycles. The molecule has 17 amide bonds. The molecule has 706 valence electrons. The summed E-state index contributed by atoms with van der Waals surface area (Å²) in [6, 6.07) is 5.82. The Labute approximate surface area is 753 Å². The topological polar surface area (TPSA) is 774 Å². The van der Waals surface area contributed by atoms with Crippen molar-refractivity contribution in [2.75, 3.05) is 45.1 Å². The number of guanidine groups is 1. The zero-order valence-electron chi connectivity index (χ0n) is 71.3. The van der Waals surface area contributed by atoms with Gasteiger partial charge in [0.1, 0.15) is 78.8 Å². The van der Waals surface area contributed by atoms with Crippen molar-refractivity contribution < 1.29 is 111 Å². The molecule has 2 bridgehead atoms. The first-order valence-electron chi connectivity index (χ1n) is 41.8. The number of carboxylic acid groups (broad SMARTS) is 2. The maximum atomic E-state index is 15.6. The summed E-state index contributed by atoms with van der Waals surface area (Å²) in [5.41, 5.74) is 35.7. The molecule has 0 saturated heterocycles. The Morgan fingerprint density at radius 2 is 1.07 bits per heavy atom. The summed E-state index contributed by atoms with van der Waals surface area (Å²) in [5, 5.41) is 74.1. The highest BCUT2D eigenvalue weighted by atomic mass is 32.2. The summed E-state index contributed by atoms with van der Waals surface area (Å²) in [6.45, 7) is -1.51. The first-order chi connectivity index (χ1) is 62.4. The van der Waals surface area contributed by atoms with Gasteiger partial charge in [-0.1, -0.05) is 60.7 Å². The molecule has 47 heteroatoms. The number of ether oxygens (including phenoxy) is 1. The Kier molecular flexibility index (Phi) is 41.4. The molecule has 4 aromatic carbocycles. The van der Waals surface area contributed by atoms with Crippen molar-refractivity contribution in [2.24, 2.45) is 34.4 Å². The lowest BCUT2D eigenvalue weighted by atomic mass is 10.0. The third kappa shape index (κ3) is 35.4. The van der Waals surface area contributed by atoms with E-state index in [9.17, 15) is 82.4 Å². The lowest BCUT2D eigenvalue weighted by Crippen LogP contribution is -2.61. The fourth-order valence-corrected chi connectivity index (χ4v) is 14.7. The number of carbonyl (C=O) groups excluding carboxylic acids is 17. The number of rotatable bonds is 47. The van der Waals surface area contributed by atoms with Gasteiger partial charge in [0, 0.05) is 97.1 Å². The van der Waals surface area contributed by atoms with Gasteiger partial charge in [-0.3, -0.25) is 96.5 Å². The molecule has 3 heterocycles. The number of benzene rings is 4. The fourth-order valence-electron chi connectivity index (χ4n) is 13.7. The standard InChI is InChI=1S/C84H111N23O23S/c85-28-6-5-15-54(72(89)118)97-69(113)42-130-31-30-92-68(112)41-96-74(120)63(37-67(88)111)106-78(124)58(23-26-70(114)115)100-75(121)55(16-8-29-93-84(90)91)99-81(127)61(35-47-39-94-52-13-3-1-11-50(47)52)104-80(126)60(34-44-17-19-49(108)20-18-44)103-79(125)59-27-32-131-43-45-9-7-10-46(33-45)73(119)98-56(21-24-65(86)109)77(123)107-64(38-71(116)117)83(129)105-62(36-48-40-95-53-14-4-2-12-51(48)53)82(128)101-57(76(122)102-59)22-25-66(87)110/h1-4,7,9-14,17-20,33,39-40,54-64,94-95,108H,5-6,8,15-16,21-32,34-38,41-43,85H2,(H2,86,109)(H2,87,110)(H2,88,111)(H2,89,118)(H,92,112)(H,96,120)(H,97,113)(H,98,119)(H,99,127)(H,100,121)(H,101,128)(H,102,122)(H,103,125)(H,104,126)(H,105,129)(H,106,124)(H,107,123)(H,114,115)(H,116,117)(H4,90,91,93)/t54-,55+,56+,57+,58+,59+,60+,61+,62+,63+,64+/m1/s1. The number of unbranched alkanes of at least 4 members (excludes halogenated alkanes) is 1. The molecular weight excluding hydrogens is 1730 g/mol. The van der Waals surface area contributed by atoms with Gasteiger partial charge >= 0.3 is 11.9 Å². The number of para-hydroxylation sites is 2. The minimum atomic E-state index is -2.00. The van der Waals surface area contributed by atoms with Crippen molar-refractivity contribution in [1.29, 1.82) is 5.41 Å². The Morgan fingerprint density at radius 1 is 0.511 bits per heavy atom. The molecule has 46 nitrogen and oxygen atoms in total. The number of hydrogen-bond donors (Lipinski definition) is 26. The van der Waals surface area contributed by atoms with Crippen LogP contribution < -0.4 is 109 Å². The van der Waals surface area contributed by atoms with Gasteiger partial charge in [0.05, 0.1) is 26.0 Å². The fraction of sp³-hybridized carbons (Fsp3) is 0.429. The number of nitrogens with one attached hydrogen (secondary N) is 17. The first-order valence-corrected chi connectivity index (χ1v) is 43.0. The molecule has 0 unspecified atom stereocenters. The number of nitrogens with two attached hydrogens (primary N) is 6. The minimum absolute atomic E-state index is 0.0230. The highest BCUT2D eigenvalue weighted by Gasteiger charge is 2.39. The number of aromatic nitrogens is 2. The second-order valence-corrected chi connectivity index (χ2v) is 31.8. The zero-order valence-corrected chi connectivity index (χ0v) is 72.1. The van der Waals surface area contributed by atoms with Crippen LogP contribution >= 0.6 is 11.8 Å². The Balaban J connectivity index is 1.20. The number of thioether (sulfide) groups is 1.